The molecular weight excluding hydrogens is 332 g/mol. The van der Waals surface area contributed by atoms with Gasteiger partial charge in [0.1, 0.15) is 5.82 Å². The van der Waals surface area contributed by atoms with Gasteiger partial charge in [-0.2, -0.15) is 0 Å². The van der Waals surface area contributed by atoms with Crippen LogP contribution in [-0.4, -0.2) is 15.9 Å². The van der Waals surface area contributed by atoms with Crippen molar-refractivity contribution in [3.63, 3.8) is 0 Å². The quantitative estimate of drug-likeness (QED) is 0.749. The van der Waals surface area contributed by atoms with Gasteiger partial charge in [0.25, 0.3) is 5.91 Å². The highest BCUT2D eigenvalue weighted by Crippen LogP contribution is 2.24. The molecule has 1 aromatic carbocycles. The van der Waals surface area contributed by atoms with E-state index in [9.17, 15) is 4.79 Å². The summed E-state index contributed by atoms with van der Waals surface area (Å²) >= 11 is 3.28. The Morgan fingerprint density at radius 3 is 2.95 bits per heavy atom. The fourth-order valence-electron chi connectivity index (χ4n) is 2.05. The predicted octanol–water partition coefficient (Wildman–Crippen LogP) is 3.23. The number of fused-ring (bicyclic) bond motifs is 1. The van der Waals surface area contributed by atoms with Crippen molar-refractivity contribution in [2.24, 2.45) is 0 Å². The van der Waals surface area contributed by atoms with E-state index in [-0.39, 0.29) is 11.7 Å². The summed E-state index contributed by atoms with van der Waals surface area (Å²) in [5.41, 5.74) is 6.79. The number of amides is 1. The standard InChI is InChI=1S/C15H11BrN4O/c16-10-6-12(14(17)19-8-10)15(21)20-13-3-1-2-9-7-18-5-4-11(9)13/h1-8H,(H2,17,19)(H,20,21). The average molecular weight is 343 g/mol. The molecule has 5 nitrogen and oxygen atoms in total. The molecule has 0 atom stereocenters. The van der Waals surface area contributed by atoms with Gasteiger partial charge in [0.05, 0.1) is 5.56 Å². The highest BCUT2D eigenvalue weighted by atomic mass is 79.9. The molecule has 3 aromatic rings. The van der Waals surface area contributed by atoms with Crippen molar-refractivity contribution in [2.45, 2.75) is 0 Å². The van der Waals surface area contributed by atoms with Crippen LogP contribution in [-0.2, 0) is 0 Å². The van der Waals surface area contributed by atoms with Gasteiger partial charge in [-0.1, -0.05) is 12.1 Å². The predicted molar refractivity (Wildman–Crippen MR) is 86.0 cm³/mol. The van der Waals surface area contributed by atoms with Gasteiger partial charge in [0, 0.05) is 39.5 Å². The van der Waals surface area contributed by atoms with E-state index in [1.165, 1.54) is 0 Å². The summed E-state index contributed by atoms with van der Waals surface area (Å²) in [6.07, 6.45) is 4.99. The summed E-state index contributed by atoms with van der Waals surface area (Å²) in [7, 11) is 0. The van der Waals surface area contributed by atoms with Crippen LogP contribution in [0.25, 0.3) is 10.8 Å². The number of aromatic nitrogens is 2. The van der Waals surface area contributed by atoms with Gasteiger partial charge in [0.2, 0.25) is 0 Å². The van der Waals surface area contributed by atoms with Crippen LogP contribution in [0.5, 0.6) is 0 Å². The number of hydrogen-bond donors (Lipinski definition) is 2. The Labute approximate surface area is 129 Å². The first-order valence-electron chi connectivity index (χ1n) is 6.20. The second-order valence-electron chi connectivity index (χ2n) is 4.44. The summed E-state index contributed by atoms with van der Waals surface area (Å²) < 4.78 is 0.698. The van der Waals surface area contributed by atoms with E-state index < -0.39 is 0 Å². The number of carbonyl (C=O) groups excluding carboxylic acids is 1. The molecule has 21 heavy (non-hydrogen) atoms. The van der Waals surface area contributed by atoms with Crippen molar-refractivity contribution >= 4 is 44.1 Å². The molecule has 0 radical (unpaired) electrons. The van der Waals surface area contributed by atoms with Crippen molar-refractivity contribution in [3.8, 4) is 0 Å². The summed E-state index contributed by atoms with van der Waals surface area (Å²) in [6, 6.07) is 9.13. The summed E-state index contributed by atoms with van der Waals surface area (Å²) in [6.45, 7) is 0. The van der Waals surface area contributed by atoms with Crippen molar-refractivity contribution in [1.82, 2.24) is 9.97 Å². The molecule has 1 amide bonds. The number of nitrogen functional groups attached to an aromatic ring is 1. The molecule has 3 N–H and O–H groups in total. The summed E-state index contributed by atoms with van der Waals surface area (Å²) in [5, 5.41) is 4.73. The SMILES string of the molecule is Nc1ncc(Br)cc1C(=O)Nc1cccc2cnccc12. The number of hydrogen-bond acceptors (Lipinski definition) is 4. The minimum atomic E-state index is -0.300. The number of nitrogens with zero attached hydrogens (tertiary/aromatic N) is 2. The number of benzene rings is 1. The fourth-order valence-corrected chi connectivity index (χ4v) is 2.38. The van der Waals surface area contributed by atoms with E-state index in [4.69, 9.17) is 5.73 Å². The molecule has 0 unspecified atom stereocenters. The van der Waals surface area contributed by atoms with Gasteiger partial charge >= 0.3 is 0 Å². The summed E-state index contributed by atoms with van der Waals surface area (Å²) in [4.78, 5) is 20.4. The lowest BCUT2D eigenvalue weighted by Gasteiger charge is -2.09. The normalized spacial score (nSPS) is 10.5. The van der Waals surface area contributed by atoms with E-state index in [0.29, 0.717) is 15.7 Å². The molecule has 0 bridgehead atoms. The first-order chi connectivity index (χ1) is 10.1. The second-order valence-corrected chi connectivity index (χ2v) is 5.36. The van der Waals surface area contributed by atoms with Crippen LogP contribution in [0.15, 0.2) is 53.4 Å². The molecule has 0 saturated heterocycles. The molecule has 6 heteroatoms. The van der Waals surface area contributed by atoms with Crippen LogP contribution in [0.1, 0.15) is 10.4 Å². The lowest BCUT2D eigenvalue weighted by molar-refractivity contribution is 0.102. The number of nitrogens with two attached hydrogens (primary N) is 1. The lowest BCUT2D eigenvalue weighted by Crippen LogP contribution is -2.15. The molecule has 2 heterocycles. The number of nitrogens with one attached hydrogen (secondary N) is 1. The highest BCUT2D eigenvalue weighted by Gasteiger charge is 2.13. The third kappa shape index (κ3) is 2.71. The van der Waals surface area contributed by atoms with Crippen molar-refractivity contribution in [1.29, 1.82) is 0 Å². The molecule has 0 fully saturated rings. The zero-order chi connectivity index (χ0) is 14.8. The van der Waals surface area contributed by atoms with Crippen molar-refractivity contribution < 1.29 is 4.79 Å². The number of pyridine rings is 2. The zero-order valence-corrected chi connectivity index (χ0v) is 12.5. The summed E-state index contributed by atoms with van der Waals surface area (Å²) in [5.74, 6) is -0.108. The fraction of sp³-hybridized carbons (Fsp3) is 0. The lowest BCUT2D eigenvalue weighted by atomic mass is 10.1. The van der Waals surface area contributed by atoms with Crippen LogP contribution in [0, 0.1) is 0 Å². The first kappa shape index (κ1) is 13.5. The number of rotatable bonds is 2. The highest BCUT2D eigenvalue weighted by molar-refractivity contribution is 9.10. The molecule has 0 spiro atoms. The van der Waals surface area contributed by atoms with Gasteiger partial charge in [0.15, 0.2) is 0 Å². The minimum absolute atomic E-state index is 0.192. The maximum absolute atomic E-state index is 12.4. The third-order valence-electron chi connectivity index (χ3n) is 3.06. The molecule has 0 aliphatic heterocycles. The Morgan fingerprint density at radius 1 is 1.24 bits per heavy atom. The Kier molecular flexibility index (Phi) is 3.53. The first-order valence-corrected chi connectivity index (χ1v) is 6.99. The second kappa shape index (κ2) is 5.49. The van der Waals surface area contributed by atoms with Crippen LogP contribution < -0.4 is 11.1 Å². The Morgan fingerprint density at radius 2 is 2.10 bits per heavy atom. The molecule has 104 valence electrons. The Hall–Kier alpha value is -2.47. The Balaban J connectivity index is 1.99. The number of anilines is 2. The van der Waals surface area contributed by atoms with E-state index in [1.54, 1.807) is 24.7 Å². The topological polar surface area (TPSA) is 80.9 Å². The maximum atomic E-state index is 12.4. The monoisotopic (exact) mass is 342 g/mol. The van der Waals surface area contributed by atoms with Gasteiger partial charge < -0.3 is 11.1 Å². The van der Waals surface area contributed by atoms with E-state index in [2.05, 4.69) is 31.2 Å². The van der Waals surface area contributed by atoms with Gasteiger partial charge in [-0.25, -0.2) is 4.98 Å². The van der Waals surface area contributed by atoms with Crippen molar-refractivity contribution in [2.75, 3.05) is 11.1 Å². The smallest absolute Gasteiger partial charge is 0.259 e. The molecular formula is C15H11BrN4O. The van der Waals surface area contributed by atoms with E-state index in [1.807, 2.05) is 24.3 Å². The van der Waals surface area contributed by atoms with Crippen LogP contribution in [0.2, 0.25) is 0 Å². The molecule has 0 aliphatic carbocycles. The number of halogens is 1. The molecule has 2 aromatic heterocycles. The van der Waals surface area contributed by atoms with E-state index >= 15 is 0 Å². The van der Waals surface area contributed by atoms with Crippen LogP contribution in [0.3, 0.4) is 0 Å². The molecule has 0 aliphatic rings. The van der Waals surface area contributed by atoms with Gasteiger partial charge in [-0.05, 0) is 34.1 Å². The van der Waals surface area contributed by atoms with Crippen molar-refractivity contribution in [3.05, 3.63) is 59.0 Å². The number of carbonyl (C=O) groups is 1. The third-order valence-corrected chi connectivity index (χ3v) is 3.49. The molecule has 0 saturated carbocycles. The van der Waals surface area contributed by atoms with Gasteiger partial charge in [-0.3, -0.25) is 9.78 Å². The molecule has 3 rings (SSSR count). The van der Waals surface area contributed by atoms with E-state index in [0.717, 1.165) is 10.8 Å². The van der Waals surface area contributed by atoms with Gasteiger partial charge in [-0.15, -0.1) is 0 Å². The minimum Gasteiger partial charge on any atom is -0.383 e. The average Bonchev–Trinajstić information content (AvgIpc) is 2.50. The Bertz CT molecular complexity index is 830. The largest absolute Gasteiger partial charge is 0.383 e. The van der Waals surface area contributed by atoms with Crippen LogP contribution in [0.4, 0.5) is 11.5 Å². The van der Waals surface area contributed by atoms with Crippen LogP contribution >= 0.6 is 15.9 Å². The zero-order valence-electron chi connectivity index (χ0n) is 10.9. The maximum Gasteiger partial charge on any atom is 0.259 e.